The van der Waals surface area contributed by atoms with E-state index >= 15 is 0 Å². The highest BCUT2D eigenvalue weighted by molar-refractivity contribution is 9.10. The lowest BCUT2D eigenvalue weighted by Crippen LogP contribution is -2.00. The number of aliphatic hydroxyl groups excluding tert-OH is 1. The van der Waals surface area contributed by atoms with Crippen LogP contribution in [0.2, 0.25) is 0 Å². The van der Waals surface area contributed by atoms with Gasteiger partial charge in [0, 0.05) is 22.3 Å². The van der Waals surface area contributed by atoms with Crippen molar-refractivity contribution < 1.29 is 5.11 Å². The second-order valence-corrected chi connectivity index (χ2v) is 4.03. The number of halogens is 1. The number of rotatable bonds is 1. The molecule has 1 aliphatic rings. The number of aliphatic hydroxyl groups is 1. The van der Waals surface area contributed by atoms with Gasteiger partial charge in [-0.05, 0) is 40.4 Å². The molecule has 1 atom stereocenters. The first-order valence-electron chi connectivity index (χ1n) is 4.06. The van der Waals surface area contributed by atoms with Crippen molar-refractivity contribution in [1.82, 2.24) is 4.98 Å². The molecule has 64 valence electrons. The summed E-state index contributed by atoms with van der Waals surface area (Å²) in [4.78, 5) is 4.30. The number of hydrogen-bond donors (Lipinski definition) is 1. The van der Waals surface area contributed by atoms with Gasteiger partial charge in [-0.3, -0.25) is 4.98 Å². The van der Waals surface area contributed by atoms with Crippen LogP contribution in [-0.4, -0.2) is 16.7 Å². The molecule has 0 radical (unpaired) electrons. The Morgan fingerprint density at radius 1 is 1.67 bits per heavy atom. The van der Waals surface area contributed by atoms with Crippen LogP contribution in [0.15, 0.2) is 16.7 Å². The van der Waals surface area contributed by atoms with Crippen molar-refractivity contribution in [3.8, 4) is 0 Å². The molecule has 0 amide bonds. The Bertz CT molecular complexity index is 301. The summed E-state index contributed by atoms with van der Waals surface area (Å²) in [6.45, 7) is 0.224. The maximum atomic E-state index is 9.03. The molecule has 3 heteroatoms. The van der Waals surface area contributed by atoms with E-state index in [-0.39, 0.29) is 12.5 Å². The first-order valence-corrected chi connectivity index (χ1v) is 4.85. The van der Waals surface area contributed by atoms with Crippen LogP contribution in [0, 0.1) is 0 Å². The Morgan fingerprint density at radius 2 is 2.50 bits per heavy atom. The number of hydrogen-bond acceptors (Lipinski definition) is 2. The standard InChI is InChI=1S/C9H10BrNO/c10-8-3-6-1-2-7(5-12)9(6)11-4-8/h3-4,7,12H,1-2,5H2. The highest BCUT2D eigenvalue weighted by Gasteiger charge is 2.22. The fourth-order valence-electron chi connectivity index (χ4n) is 1.70. The van der Waals surface area contributed by atoms with E-state index in [4.69, 9.17) is 5.11 Å². The van der Waals surface area contributed by atoms with Gasteiger partial charge in [-0.25, -0.2) is 0 Å². The number of aromatic nitrogens is 1. The maximum Gasteiger partial charge on any atom is 0.0515 e. The molecular formula is C9H10BrNO. The van der Waals surface area contributed by atoms with Crippen LogP contribution in [0.5, 0.6) is 0 Å². The molecule has 1 N–H and O–H groups in total. The van der Waals surface area contributed by atoms with Gasteiger partial charge in [0.15, 0.2) is 0 Å². The molecule has 0 bridgehead atoms. The molecular weight excluding hydrogens is 218 g/mol. The van der Waals surface area contributed by atoms with E-state index < -0.39 is 0 Å². The van der Waals surface area contributed by atoms with E-state index in [2.05, 4.69) is 27.0 Å². The minimum absolute atomic E-state index is 0.224. The maximum absolute atomic E-state index is 9.03. The third-order valence-electron chi connectivity index (χ3n) is 2.34. The van der Waals surface area contributed by atoms with Crippen molar-refractivity contribution in [1.29, 1.82) is 0 Å². The lowest BCUT2D eigenvalue weighted by atomic mass is 10.1. The van der Waals surface area contributed by atoms with Crippen molar-refractivity contribution >= 4 is 15.9 Å². The second-order valence-electron chi connectivity index (χ2n) is 3.12. The third-order valence-corrected chi connectivity index (χ3v) is 2.77. The van der Waals surface area contributed by atoms with Gasteiger partial charge in [0.1, 0.15) is 0 Å². The summed E-state index contributed by atoms with van der Waals surface area (Å²) < 4.78 is 1.03. The highest BCUT2D eigenvalue weighted by Crippen LogP contribution is 2.31. The Kier molecular flexibility index (Phi) is 2.15. The molecule has 1 aromatic rings. The van der Waals surface area contributed by atoms with Crippen molar-refractivity contribution in [3.63, 3.8) is 0 Å². The van der Waals surface area contributed by atoms with Crippen LogP contribution in [0.25, 0.3) is 0 Å². The third kappa shape index (κ3) is 1.27. The summed E-state index contributed by atoms with van der Waals surface area (Å²) in [5.41, 5.74) is 2.36. The van der Waals surface area contributed by atoms with Gasteiger partial charge in [-0.1, -0.05) is 0 Å². The predicted octanol–water partition coefficient (Wildman–Crippen LogP) is 1.87. The molecule has 12 heavy (non-hydrogen) atoms. The van der Waals surface area contributed by atoms with Crippen molar-refractivity contribution in [2.45, 2.75) is 18.8 Å². The number of fused-ring (bicyclic) bond motifs is 1. The summed E-state index contributed by atoms with van der Waals surface area (Å²) >= 11 is 3.38. The zero-order valence-corrected chi connectivity index (χ0v) is 8.21. The molecule has 2 rings (SSSR count). The summed E-state index contributed by atoms with van der Waals surface area (Å²) in [6.07, 6.45) is 3.88. The van der Waals surface area contributed by atoms with Gasteiger partial charge >= 0.3 is 0 Å². The number of aryl methyl sites for hydroxylation is 1. The molecule has 0 spiro atoms. The van der Waals surface area contributed by atoms with Crippen molar-refractivity contribution in [2.24, 2.45) is 0 Å². The summed E-state index contributed by atoms with van der Waals surface area (Å²) in [6, 6.07) is 2.10. The fourth-order valence-corrected chi connectivity index (χ4v) is 2.08. The lowest BCUT2D eigenvalue weighted by Gasteiger charge is -2.05. The SMILES string of the molecule is OCC1CCc2cc(Br)cnc21. The monoisotopic (exact) mass is 227 g/mol. The van der Waals surface area contributed by atoms with Gasteiger partial charge in [0.25, 0.3) is 0 Å². The molecule has 1 unspecified atom stereocenters. The topological polar surface area (TPSA) is 33.1 Å². The Labute approximate surface area is 79.8 Å². The van der Waals surface area contributed by atoms with Crippen molar-refractivity contribution in [3.05, 3.63) is 28.0 Å². The molecule has 1 heterocycles. The number of nitrogens with zero attached hydrogens (tertiary/aromatic N) is 1. The Morgan fingerprint density at radius 3 is 3.25 bits per heavy atom. The van der Waals surface area contributed by atoms with Gasteiger partial charge < -0.3 is 5.11 Å². The smallest absolute Gasteiger partial charge is 0.0515 e. The Hall–Kier alpha value is -0.410. The van der Waals surface area contributed by atoms with Crippen molar-refractivity contribution in [2.75, 3.05) is 6.61 Å². The molecule has 0 saturated carbocycles. The molecule has 0 aromatic carbocycles. The van der Waals surface area contributed by atoms with Crippen LogP contribution in [0.1, 0.15) is 23.6 Å². The molecule has 2 nitrogen and oxygen atoms in total. The van der Waals surface area contributed by atoms with Crippen LogP contribution < -0.4 is 0 Å². The van der Waals surface area contributed by atoms with Gasteiger partial charge in [0.05, 0.1) is 6.61 Å². The predicted molar refractivity (Wildman–Crippen MR) is 50.1 cm³/mol. The van der Waals surface area contributed by atoms with Gasteiger partial charge in [-0.15, -0.1) is 0 Å². The average molecular weight is 228 g/mol. The minimum atomic E-state index is 0.224. The van der Waals surface area contributed by atoms with E-state index in [1.54, 1.807) is 6.20 Å². The van der Waals surface area contributed by atoms with Gasteiger partial charge in [-0.2, -0.15) is 0 Å². The fraction of sp³-hybridized carbons (Fsp3) is 0.444. The molecule has 1 aromatic heterocycles. The highest BCUT2D eigenvalue weighted by atomic mass is 79.9. The van der Waals surface area contributed by atoms with E-state index in [0.717, 1.165) is 23.0 Å². The first kappa shape index (κ1) is 8.20. The zero-order valence-electron chi connectivity index (χ0n) is 6.63. The quantitative estimate of drug-likeness (QED) is 0.795. The van der Waals surface area contributed by atoms with E-state index in [1.807, 2.05) is 0 Å². The van der Waals surface area contributed by atoms with Crippen LogP contribution in [0.4, 0.5) is 0 Å². The van der Waals surface area contributed by atoms with E-state index in [0.29, 0.717) is 0 Å². The largest absolute Gasteiger partial charge is 0.396 e. The van der Waals surface area contributed by atoms with Crippen LogP contribution >= 0.6 is 15.9 Å². The average Bonchev–Trinajstić information content (AvgIpc) is 2.46. The second kappa shape index (κ2) is 3.15. The number of pyridine rings is 1. The zero-order chi connectivity index (χ0) is 8.55. The molecule has 1 aliphatic carbocycles. The Balaban J connectivity index is 2.40. The molecule has 0 aliphatic heterocycles. The summed E-state index contributed by atoms with van der Waals surface area (Å²) in [5, 5.41) is 9.03. The normalized spacial score (nSPS) is 21.0. The minimum Gasteiger partial charge on any atom is -0.396 e. The summed E-state index contributed by atoms with van der Waals surface area (Å²) in [5.74, 6) is 0.271. The van der Waals surface area contributed by atoms with Crippen LogP contribution in [0.3, 0.4) is 0 Å². The van der Waals surface area contributed by atoms with Gasteiger partial charge in [0.2, 0.25) is 0 Å². The molecule has 0 fully saturated rings. The van der Waals surface area contributed by atoms with E-state index in [9.17, 15) is 0 Å². The summed E-state index contributed by atoms with van der Waals surface area (Å²) in [7, 11) is 0. The first-order chi connectivity index (χ1) is 5.81. The van der Waals surface area contributed by atoms with Crippen LogP contribution in [-0.2, 0) is 6.42 Å². The van der Waals surface area contributed by atoms with E-state index in [1.165, 1.54) is 5.56 Å². The lowest BCUT2D eigenvalue weighted by molar-refractivity contribution is 0.263. The molecule has 0 saturated heterocycles.